The second-order valence-corrected chi connectivity index (χ2v) is 4.16. The van der Waals surface area contributed by atoms with Crippen LogP contribution < -0.4 is 5.32 Å². The molecule has 1 aliphatic rings. The molecular formula is C12H16ClN3. The van der Waals surface area contributed by atoms with Gasteiger partial charge in [-0.05, 0) is 38.1 Å². The molecule has 3 rings (SSSR count). The van der Waals surface area contributed by atoms with Gasteiger partial charge in [-0.3, -0.25) is 0 Å². The molecular weight excluding hydrogens is 222 g/mol. The smallest absolute Gasteiger partial charge is 0.136 e. The summed E-state index contributed by atoms with van der Waals surface area (Å²) in [6, 6.07) is 6.14. The van der Waals surface area contributed by atoms with Gasteiger partial charge in [0.1, 0.15) is 5.65 Å². The molecule has 1 saturated heterocycles. The summed E-state index contributed by atoms with van der Waals surface area (Å²) >= 11 is 0. The van der Waals surface area contributed by atoms with Crippen LogP contribution in [0.5, 0.6) is 0 Å². The number of nitrogens with zero attached hydrogens (tertiary/aromatic N) is 2. The first-order chi connectivity index (χ1) is 7.43. The van der Waals surface area contributed by atoms with Crippen molar-refractivity contribution in [2.45, 2.75) is 18.8 Å². The van der Waals surface area contributed by atoms with Gasteiger partial charge in [0.25, 0.3) is 0 Å². The van der Waals surface area contributed by atoms with Crippen LogP contribution >= 0.6 is 12.4 Å². The Morgan fingerprint density at radius 2 is 2.06 bits per heavy atom. The minimum Gasteiger partial charge on any atom is -0.317 e. The predicted octanol–water partition coefficient (Wildman–Crippen LogP) is 2.22. The first kappa shape index (κ1) is 11.4. The Bertz CT molecular complexity index is 427. The Kier molecular flexibility index (Phi) is 3.46. The third-order valence-corrected chi connectivity index (χ3v) is 3.14. The lowest BCUT2D eigenvalue weighted by Gasteiger charge is -2.20. The molecule has 0 bridgehead atoms. The number of fused-ring (bicyclic) bond motifs is 1. The van der Waals surface area contributed by atoms with Crippen molar-refractivity contribution in [3.8, 4) is 0 Å². The largest absolute Gasteiger partial charge is 0.317 e. The Balaban J connectivity index is 0.000000963. The number of pyridine rings is 1. The molecule has 0 atom stereocenters. The predicted molar refractivity (Wildman–Crippen MR) is 67.3 cm³/mol. The first-order valence-electron chi connectivity index (χ1n) is 5.58. The van der Waals surface area contributed by atoms with Crippen molar-refractivity contribution in [3.05, 3.63) is 36.3 Å². The van der Waals surface area contributed by atoms with Gasteiger partial charge in [-0.2, -0.15) is 0 Å². The summed E-state index contributed by atoms with van der Waals surface area (Å²) in [7, 11) is 0. The molecule has 1 fully saturated rings. The molecule has 4 heteroatoms. The molecule has 0 aliphatic carbocycles. The lowest BCUT2D eigenvalue weighted by molar-refractivity contribution is 0.454. The van der Waals surface area contributed by atoms with Gasteiger partial charge >= 0.3 is 0 Å². The topological polar surface area (TPSA) is 29.3 Å². The summed E-state index contributed by atoms with van der Waals surface area (Å²) in [5, 5.41) is 3.38. The minimum atomic E-state index is 0. The van der Waals surface area contributed by atoms with E-state index < -0.39 is 0 Å². The number of piperidine rings is 1. The van der Waals surface area contributed by atoms with E-state index in [9.17, 15) is 0 Å². The molecule has 3 heterocycles. The van der Waals surface area contributed by atoms with Crippen molar-refractivity contribution in [3.63, 3.8) is 0 Å². The van der Waals surface area contributed by atoms with Gasteiger partial charge < -0.3 is 9.72 Å². The van der Waals surface area contributed by atoms with Gasteiger partial charge in [0.05, 0.1) is 5.69 Å². The van der Waals surface area contributed by atoms with Gasteiger partial charge in [-0.1, -0.05) is 6.07 Å². The number of hydrogen-bond donors (Lipinski definition) is 1. The molecule has 16 heavy (non-hydrogen) atoms. The highest BCUT2D eigenvalue weighted by atomic mass is 35.5. The average Bonchev–Trinajstić information content (AvgIpc) is 2.74. The molecule has 2 aromatic heterocycles. The summed E-state index contributed by atoms with van der Waals surface area (Å²) in [5.41, 5.74) is 2.31. The highest BCUT2D eigenvalue weighted by molar-refractivity contribution is 5.85. The molecule has 0 unspecified atom stereocenters. The van der Waals surface area contributed by atoms with E-state index in [2.05, 4.69) is 33.2 Å². The van der Waals surface area contributed by atoms with Crippen LogP contribution in [0.3, 0.4) is 0 Å². The van der Waals surface area contributed by atoms with Crippen molar-refractivity contribution < 1.29 is 0 Å². The Labute approximate surface area is 101 Å². The molecule has 3 nitrogen and oxygen atoms in total. The van der Waals surface area contributed by atoms with E-state index in [0.29, 0.717) is 5.92 Å². The normalized spacial score (nSPS) is 17.2. The molecule has 2 aromatic rings. The minimum absolute atomic E-state index is 0. The number of halogens is 1. The zero-order chi connectivity index (χ0) is 10.1. The number of hydrogen-bond acceptors (Lipinski definition) is 2. The van der Waals surface area contributed by atoms with E-state index in [1.54, 1.807) is 0 Å². The van der Waals surface area contributed by atoms with Gasteiger partial charge in [0.2, 0.25) is 0 Å². The quantitative estimate of drug-likeness (QED) is 0.824. The van der Waals surface area contributed by atoms with Gasteiger partial charge in [-0.15, -0.1) is 12.4 Å². The van der Waals surface area contributed by atoms with E-state index in [1.165, 1.54) is 18.5 Å². The van der Waals surface area contributed by atoms with Crippen LogP contribution in [0.2, 0.25) is 0 Å². The third-order valence-electron chi connectivity index (χ3n) is 3.14. The van der Waals surface area contributed by atoms with Crippen molar-refractivity contribution in [1.29, 1.82) is 0 Å². The molecule has 0 amide bonds. The molecule has 0 aromatic carbocycles. The highest BCUT2D eigenvalue weighted by Gasteiger charge is 2.17. The SMILES string of the molecule is Cl.c1ccn2cc(C3CCNCC3)nc2c1. The number of rotatable bonds is 1. The fourth-order valence-electron chi connectivity index (χ4n) is 2.27. The van der Waals surface area contributed by atoms with E-state index >= 15 is 0 Å². The lowest BCUT2D eigenvalue weighted by Crippen LogP contribution is -2.26. The number of imidazole rings is 1. The van der Waals surface area contributed by atoms with E-state index in [-0.39, 0.29) is 12.4 Å². The van der Waals surface area contributed by atoms with E-state index in [1.807, 2.05) is 12.1 Å². The van der Waals surface area contributed by atoms with Crippen LogP contribution in [0.25, 0.3) is 5.65 Å². The maximum atomic E-state index is 4.67. The maximum absolute atomic E-state index is 4.67. The fraction of sp³-hybridized carbons (Fsp3) is 0.417. The second-order valence-electron chi connectivity index (χ2n) is 4.16. The first-order valence-corrected chi connectivity index (χ1v) is 5.58. The molecule has 0 saturated carbocycles. The van der Waals surface area contributed by atoms with Crippen molar-refractivity contribution >= 4 is 18.1 Å². The zero-order valence-electron chi connectivity index (χ0n) is 9.10. The standard InChI is InChI=1S/C12H15N3.ClH/c1-2-8-15-9-11(14-12(15)3-1)10-4-6-13-7-5-10;/h1-3,8-10,13H,4-7H2;1H. The second kappa shape index (κ2) is 4.85. The number of aromatic nitrogens is 2. The van der Waals surface area contributed by atoms with Crippen LogP contribution in [-0.4, -0.2) is 22.5 Å². The lowest BCUT2D eigenvalue weighted by atomic mass is 9.95. The van der Waals surface area contributed by atoms with Crippen LogP contribution in [-0.2, 0) is 0 Å². The monoisotopic (exact) mass is 237 g/mol. The van der Waals surface area contributed by atoms with Crippen LogP contribution in [0.4, 0.5) is 0 Å². The number of nitrogens with one attached hydrogen (secondary N) is 1. The zero-order valence-corrected chi connectivity index (χ0v) is 9.91. The third kappa shape index (κ3) is 2.06. The van der Waals surface area contributed by atoms with Crippen molar-refractivity contribution in [2.75, 3.05) is 13.1 Å². The molecule has 1 N–H and O–H groups in total. The van der Waals surface area contributed by atoms with Crippen molar-refractivity contribution in [1.82, 2.24) is 14.7 Å². The van der Waals surface area contributed by atoms with E-state index in [4.69, 9.17) is 0 Å². The average molecular weight is 238 g/mol. The molecule has 86 valence electrons. The molecule has 1 aliphatic heterocycles. The Morgan fingerprint density at radius 3 is 2.81 bits per heavy atom. The van der Waals surface area contributed by atoms with Gasteiger partial charge in [0.15, 0.2) is 0 Å². The highest BCUT2D eigenvalue weighted by Crippen LogP contribution is 2.24. The molecule has 0 spiro atoms. The summed E-state index contributed by atoms with van der Waals surface area (Å²) in [6.07, 6.45) is 6.66. The maximum Gasteiger partial charge on any atom is 0.136 e. The fourth-order valence-corrected chi connectivity index (χ4v) is 2.27. The molecule has 0 radical (unpaired) electrons. The summed E-state index contributed by atoms with van der Waals surface area (Å²) < 4.78 is 2.11. The summed E-state index contributed by atoms with van der Waals surface area (Å²) in [4.78, 5) is 4.67. The Morgan fingerprint density at radius 1 is 1.25 bits per heavy atom. The van der Waals surface area contributed by atoms with E-state index in [0.717, 1.165) is 18.7 Å². The van der Waals surface area contributed by atoms with Crippen LogP contribution in [0, 0.1) is 0 Å². The Hall–Kier alpha value is -1.06. The van der Waals surface area contributed by atoms with Crippen molar-refractivity contribution in [2.24, 2.45) is 0 Å². The van der Waals surface area contributed by atoms with Gasteiger partial charge in [-0.25, -0.2) is 4.98 Å². The van der Waals surface area contributed by atoms with Crippen LogP contribution in [0.15, 0.2) is 30.6 Å². The van der Waals surface area contributed by atoms with Crippen LogP contribution in [0.1, 0.15) is 24.5 Å². The van der Waals surface area contributed by atoms with Gasteiger partial charge in [0, 0.05) is 18.3 Å². The summed E-state index contributed by atoms with van der Waals surface area (Å²) in [5.74, 6) is 0.645. The summed E-state index contributed by atoms with van der Waals surface area (Å²) in [6.45, 7) is 2.25.